The van der Waals surface area contributed by atoms with Gasteiger partial charge in [-0.05, 0) is 37.8 Å². The summed E-state index contributed by atoms with van der Waals surface area (Å²) in [5.41, 5.74) is 6.55. The third kappa shape index (κ3) is 5.60. The van der Waals surface area contributed by atoms with Crippen molar-refractivity contribution in [3.63, 3.8) is 0 Å². The second kappa shape index (κ2) is 8.58. The number of thiazole rings is 1. The average molecular weight is 329 g/mol. The first kappa shape index (κ1) is 17.3. The standard InChI is InChI=1S/C18H23N3OS/c1-4-5-6-15-7-9-16(10-8-15)13(2)20-21-18(22)11-17-12-23-14(3)19-17/h7-10,12H,4-6,11H2,1-3H3,(H,21,22)/b20-13-. The fraction of sp³-hybridized carbons (Fsp3) is 0.389. The highest BCUT2D eigenvalue weighted by Crippen LogP contribution is 2.10. The lowest BCUT2D eigenvalue weighted by molar-refractivity contribution is -0.120. The van der Waals surface area contributed by atoms with Gasteiger partial charge in [-0.1, -0.05) is 37.6 Å². The van der Waals surface area contributed by atoms with Crippen LogP contribution in [0.3, 0.4) is 0 Å². The van der Waals surface area contributed by atoms with E-state index in [1.54, 1.807) is 11.3 Å². The number of aryl methyl sites for hydroxylation is 2. The van der Waals surface area contributed by atoms with Crippen molar-refractivity contribution < 1.29 is 4.79 Å². The molecule has 0 aliphatic carbocycles. The molecule has 23 heavy (non-hydrogen) atoms. The van der Waals surface area contributed by atoms with Gasteiger partial charge in [-0.3, -0.25) is 4.79 Å². The molecule has 0 fully saturated rings. The van der Waals surface area contributed by atoms with Crippen LogP contribution >= 0.6 is 11.3 Å². The van der Waals surface area contributed by atoms with E-state index in [1.165, 1.54) is 18.4 Å². The second-order valence-electron chi connectivity index (χ2n) is 5.57. The summed E-state index contributed by atoms with van der Waals surface area (Å²) in [4.78, 5) is 16.2. The van der Waals surface area contributed by atoms with Crippen molar-refractivity contribution in [1.29, 1.82) is 0 Å². The van der Waals surface area contributed by atoms with Crippen LogP contribution in [-0.4, -0.2) is 16.6 Å². The van der Waals surface area contributed by atoms with E-state index in [4.69, 9.17) is 0 Å². The Morgan fingerprint density at radius 1 is 1.30 bits per heavy atom. The molecule has 0 saturated heterocycles. The number of carbonyl (C=O) groups excluding carboxylic acids is 1. The summed E-state index contributed by atoms with van der Waals surface area (Å²) in [6, 6.07) is 8.37. The van der Waals surface area contributed by atoms with Crippen LogP contribution in [0.15, 0.2) is 34.7 Å². The Hall–Kier alpha value is -2.01. The molecule has 2 rings (SSSR count). The maximum Gasteiger partial charge on any atom is 0.246 e. The third-order valence-electron chi connectivity index (χ3n) is 3.55. The number of rotatable bonds is 7. The van der Waals surface area contributed by atoms with Crippen molar-refractivity contribution in [1.82, 2.24) is 10.4 Å². The molecule has 1 amide bonds. The van der Waals surface area contributed by atoms with Crippen molar-refractivity contribution in [2.75, 3.05) is 0 Å². The van der Waals surface area contributed by atoms with Gasteiger partial charge in [0.25, 0.3) is 0 Å². The molecule has 122 valence electrons. The van der Waals surface area contributed by atoms with Crippen LogP contribution in [0.4, 0.5) is 0 Å². The highest BCUT2D eigenvalue weighted by molar-refractivity contribution is 7.09. The molecule has 0 unspecified atom stereocenters. The van der Waals surface area contributed by atoms with Gasteiger partial charge in [0.05, 0.1) is 22.8 Å². The number of amides is 1. The Labute approximate surface area is 141 Å². The van der Waals surface area contributed by atoms with E-state index < -0.39 is 0 Å². The Morgan fingerprint density at radius 3 is 2.65 bits per heavy atom. The molecule has 4 nitrogen and oxygen atoms in total. The fourth-order valence-corrected chi connectivity index (χ4v) is 2.81. The van der Waals surface area contributed by atoms with Crippen LogP contribution in [0.2, 0.25) is 0 Å². The van der Waals surface area contributed by atoms with Crippen LogP contribution in [0.5, 0.6) is 0 Å². The SMILES string of the molecule is CCCCc1ccc(/C(C)=N\NC(=O)Cc2csc(C)n2)cc1. The summed E-state index contributed by atoms with van der Waals surface area (Å²) in [5, 5.41) is 7.05. The molecule has 0 bridgehead atoms. The Kier molecular flexibility index (Phi) is 6.47. The van der Waals surface area contributed by atoms with Crippen molar-refractivity contribution >= 4 is 23.0 Å². The molecule has 2 aromatic rings. The molecule has 0 aliphatic rings. The van der Waals surface area contributed by atoms with Gasteiger partial charge in [-0.15, -0.1) is 11.3 Å². The van der Waals surface area contributed by atoms with E-state index in [0.717, 1.165) is 28.4 Å². The number of hydrazone groups is 1. The van der Waals surface area contributed by atoms with Crippen LogP contribution in [0.1, 0.15) is 48.5 Å². The first-order chi connectivity index (χ1) is 11.1. The minimum Gasteiger partial charge on any atom is -0.273 e. The van der Waals surface area contributed by atoms with Gasteiger partial charge in [0, 0.05) is 5.38 Å². The maximum atomic E-state index is 11.9. The number of unbranched alkanes of at least 4 members (excludes halogenated alkanes) is 1. The van der Waals surface area contributed by atoms with E-state index in [0.29, 0.717) is 0 Å². The largest absolute Gasteiger partial charge is 0.273 e. The first-order valence-electron chi connectivity index (χ1n) is 7.92. The minimum atomic E-state index is -0.144. The lowest BCUT2D eigenvalue weighted by atomic mass is 10.0. The molecule has 0 aliphatic heterocycles. The quantitative estimate of drug-likeness (QED) is 0.619. The van der Waals surface area contributed by atoms with Gasteiger partial charge in [-0.2, -0.15) is 5.10 Å². The summed E-state index contributed by atoms with van der Waals surface area (Å²) >= 11 is 1.55. The summed E-state index contributed by atoms with van der Waals surface area (Å²) in [7, 11) is 0. The van der Waals surface area contributed by atoms with Crippen LogP contribution in [0, 0.1) is 6.92 Å². The van der Waals surface area contributed by atoms with Gasteiger partial charge in [0.2, 0.25) is 5.91 Å². The highest BCUT2D eigenvalue weighted by atomic mass is 32.1. The molecule has 0 saturated carbocycles. The molecule has 5 heteroatoms. The summed E-state index contributed by atoms with van der Waals surface area (Å²) in [5.74, 6) is -0.144. The Morgan fingerprint density at radius 2 is 2.04 bits per heavy atom. The molecule has 0 spiro atoms. The van der Waals surface area contributed by atoms with E-state index in [-0.39, 0.29) is 12.3 Å². The van der Waals surface area contributed by atoms with Crippen LogP contribution in [-0.2, 0) is 17.6 Å². The number of aromatic nitrogens is 1. The molecule has 1 aromatic carbocycles. The predicted octanol–water partition coefficient (Wildman–Crippen LogP) is 3.88. The average Bonchev–Trinajstić information content (AvgIpc) is 2.96. The molecular formula is C18H23N3OS. The van der Waals surface area contributed by atoms with E-state index in [1.807, 2.05) is 19.2 Å². The molecule has 1 N–H and O–H groups in total. The van der Waals surface area contributed by atoms with E-state index >= 15 is 0 Å². The number of hydrogen-bond acceptors (Lipinski definition) is 4. The van der Waals surface area contributed by atoms with Gasteiger partial charge in [-0.25, -0.2) is 10.4 Å². The Balaban J connectivity index is 1.89. The summed E-state index contributed by atoms with van der Waals surface area (Å²) < 4.78 is 0. The molecule has 0 atom stereocenters. The van der Waals surface area contributed by atoms with Crippen molar-refractivity contribution in [2.24, 2.45) is 5.10 Å². The first-order valence-corrected chi connectivity index (χ1v) is 8.80. The number of hydrogen-bond donors (Lipinski definition) is 1. The number of nitrogens with one attached hydrogen (secondary N) is 1. The maximum absolute atomic E-state index is 11.9. The zero-order valence-electron chi connectivity index (χ0n) is 13.9. The highest BCUT2D eigenvalue weighted by Gasteiger charge is 2.06. The predicted molar refractivity (Wildman–Crippen MR) is 96.0 cm³/mol. The van der Waals surface area contributed by atoms with Crippen LogP contribution in [0.25, 0.3) is 0 Å². The summed E-state index contributed by atoms with van der Waals surface area (Å²) in [6.07, 6.45) is 3.78. The molecule has 1 aromatic heterocycles. The van der Waals surface area contributed by atoms with E-state index in [9.17, 15) is 4.79 Å². The topological polar surface area (TPSA) is 54.4 Å². The smallest absolute Gasteiger partial charge is 0.246 e. The molecule has 0 radical (unpaired) electrons. The van der Waals surface area contributed by atoms with Gasteiger partial charge in [0.1, 0.15) is 0 Å². The van der Waals surface area contributed by atoms with Crippen molar-refractivity contribution in [3.8, 4) is 0 Å². The number of carbonyl (C=O) groups is 1. The zero-order chi connectivity index (χ0) is 16.7. The zero-order valence-corrected chi connectivity index (χ0v) is 14.7. The fourth-order valence-electron chi connectivity index (χ4n) is 2.20. The lowest BCUT2D eigenvalue weighted by Gasteiger charge is -2.04. The van der Waals surface area contributed by atoms with E-state index in [2.05, 4.69) is 46.7 Å². The minimum absolute atomic E-state index is 0.144. The lowest BCUT2D eigenvalue weighted by Crippen LogP contribution is -2.21. The normalized spacial score (nSPS) is 11.5. The molecular weight excluding hydrogens is 306 g/mol. The van der Waals surface area contributed by atoms with Crippen molar-refractivity contribution in [2.45, 2.75) is 46.5 Å². The monoisotopic (exact) mass is 329 g/mol. The van der Waals surface area contributed by atoms with Gasteiger partial charge >= 0.3 is 0 Å². The second-order valence-corrected chi connectivity index (χ2v) is 6.63. The van der Waals surface area contributed by atoms with Gasteiger partial charge < -0.3 is 0 Å². The number of nitrogens with zero attached hydrogens (tertiary/aromatic N) is 2. The Bertz CT molecular complexity index is 674. The third-order valence-corrected chi connectivity index (χ3v) is 4.37. The molecule has 1 heterocycles. The number of benzene rings is 1. The van der Waals surface area contributed by atoms with Gasteiger partial charge in [0.15, 0.2) is 0 Å². The van der Waals surface area contributed by atoms with Crippen LogP contribution < -0.4 is 5.43 Å². The van der Waals surface area contributed by atoms with Crippen molar-refractivity contribution in [3.05, 3.63) is 51.5 Å². The summed E-state index contributed by atoms with van der Waals surface area (Å²) in [6.45, 7) is 6.02.